The molecule has 0 aliphatic carbocycles. The van der Waals surface area contributed by atoms with Gasteiger partial charge in [-0.15, -0.1) is 0 Å². The van der Waals surface area contributed by atoms with Crippen molar-refractivity contribution in [2.45, 2.75) is 6.54 Å². The predicted molar refractivity (Wildman–Crippen MR) is 66.5 cm³/mol. The van der Waals surface area contributed by atoms with E-state index in [0.717, 1.165) is 0 Å². The first-order valence-electron chi connectivity index (χ1n) is 4.83. The van der Waals surface area contributed by atoms with Gasteiger partial charge in [0.25, 0.3) is 0 Å². The lowest BCUT2D eigenvalue weighted by atomic mass is 10.3. The Morgan fingerprint density at radius 3 is 2.53 bits per heavy atom. The highest BCUT2D eigenvalue weighted by molar-refractivity contribution is 6.42. The maximum Gasteiger partial charge on any atom is 0.237 e. The summed E-state index contributed by atoms with van der Waals surface area (Å²) < 4.78 is 5.46. The van der Waals surface area contributed by atoms with Crippen LogP contribution in [0, 0.1) is 0 Å². The maximum absolute atomic E-state index is 5.86. The van der Waals surface area contributed by atoms with Crippen LogP contribution >= 0.6 is 23.2 Å². The molecule has 0 bridgehead atoms. The van der Waals surface area contributed by atoms with Gasteiger partial charge in [-0.3, -0.25) is 4.98 Å². The molecule has 2 N–H and O–H groups in total. The van der Waals surface area contributed by atoms with Gasteiger partial charge in [-0.05, 0) is 12.1 Å². The van der Waals surface area contributed by atoms with Gasteiger partial charge in [0.15, 0.2) is 0 Å². The van der Waals surface area contributed by atoms with Crippen LogP contribution in [0.1, 0.15) is 5.69 Å². The van der Waals surface area contributed by atoms with Crippen LogP contribution in [0.25, 0.3) is 0 Å². The van der Waals surface area contributed by atoms with Crippen molar-refractivity contribution >= 4 is 23.2 Å². The largest absolute Gasteiger partial charge is 0.437 e. The Morgan fingerprint density at radius 1 is 1.12 bits per heavy atom. The van der Waals surface area contributed by atoms with Crippen LogP contribution in [0.2, 0.25) is 10.0 Å². The molecule has 1 aromatic carbocycles. The van der Waals surface area contributed by atoms with Gasteiger partial charge in [0.1, 0.15) is 5.75 Å². The van der Waals surface area contributed by atoms with E-state index >= 15 is 0 Å². The summed E-state index contributed by atoms with van der Waals surface area (Å²) in [6.45, 7) is 0.347. The number of aromatic nitrogens is 2. The van der Waals surface area contributed by atoms with E-state index in [2.05, 4.69) is 9.97 Å². The minimum Gasteiger partial charge on any atom is -0.437 e. The van der Waals surface area contributed by atoms with E-state index < -0.39 is 0 Å². The van der Waals surface area contributed by atoms with Crippen LogP contribution in [-0.4, -0.2) is 9.97 Å². The highest BCUT2D eigenvalue weighted by Crippen LogP contribution is 2.28. The molecule has 0 atom stereocenters. The zero-order valence-corrected chi connectivity index (χ0v) is 10.2. The third kappa shape index (κ3) is 3.06. The highest BCUT2D eigenvalue weighted by atomic mass is 35.5. The Kier molecular flexibility index (Phi) is 3.78. The summed E-state index contributed by atoms with van der Waals surface area (Å²) in [7, 11) is 0. The van der Waals surface area contributed by atoms with Gasteiger partial charge < -0.3 is 10.5 Å². The monoisotopic (exact) mass is 269 g/mol. The van der Waals surface area contributed by atoms with Gasteiger partial charge in [0, 0.05) is 12.6 Å². The zero-order chi connectivity index (χ0) is 12.3. The maximum atomic E-state index is 5.86. The van der Waals surface area contributed by atoms with Crippen molar-refractivity contribution in [3.05, 3.63) is 46.3 Å². The number of hydrogen-bond donors (Lipinski definition) is 1. The molecule has 6 heteroatoms. The minimum absolute atomic E-state index is 0.347. The van der Waals surface area contributed by atoms with E-state index in [1.165, 1.54) is 6.20 Å². The molecule has 0 unspecified atom stereocenters. The van der Waals surface area contributed by atoms with Crippen LogP contribution < -0.4 is 10.5 Å². The Morgan fingerprint density at radius 2 is 1.94 bits per heavy atom. The number of benzene rings is 1. The van der Waals surface area contributed by atoms with Crippen LogP contribution in [0.15, 0.2) is 30.6 Å². The van der Waals surface area contributed by atoms with Crippen LogP contribution in [0.3, 0.4) is 0 Å². The van der Waals surface area contributed by atoms with E-state index in [-0.39, 0.29) is 0 Å². The number of ether oxygens (including phenoxy) is 1. The third-order valence-corrected chi connectivity index (χ3v) is 2.74. The first-order valence-corrected chi connectivity index (χ1v) is 5.58. The molecule has 0 spiro atoms. The summed E-state index contributed by atoms with van der Waals surface area (Å²) in [5.74, 6) is 0.926. The van der Waals surface area contributed by atoms with E-state index in [9.17, 15) is 0 Å². The molecular weight excluding hydrogens is 261 g/mol. The number of rotatable bonds is 3. The quantitative estimate of drug-likeness (QED) is 0.931. The van der Waals surface area contributed by atoms with Gasteiger partial charge in [-0.2, -0.15) is 0 Å². The van der Waals surface area contributed by atoms with Crippen molar-refractivity contribution in [3.63, 3.8) is 0 Å². The second-order valence-electron chi connectivity index (χ2n) is 3.23. The molecule has 0 saturated carbocycles. The second kappa shape index (κ2) is 5.31. The molecular formula is C11H9Cl2N3O. The summed E-state index contributed by atoms with van der Waals surface area (Å²) in [5, 5.41) is 0.902. The standard InChI is InChI=1S/C11H9Cl2N3O/c12-9-2-1-8(3-10(9)13)17-11-6-15-7(4-14)5-16-11/h1-3,5-6H,4,14H2. The average Bonchev–Trinajstić information content (AvgIpc) is 2.35. The SMILES string of the molecule is NCc1cnc(Oc2ccc(Cl)c(Cl)c2)cn1. The second-order valence-corrected chi connectivity index (χ2v) is 4.04. The molecule has 0 aliphatic rings. The lowest BCUT2D eigenvalue weighted by molar-refractivity contribution is 0.459. The van der Waals surface area contributed by atoms with Gasteiger partial charge in [0.2, 0.25) is 5.88 Å². The fourth-order valence-corrected chi connectivity index (χ4v) is 1.45. The van der Waals surface area contributed by atoms with Crippen molar-refractivity contribution in [1.82, 2.24) is 9.97 Å². The molecule has 0 fully saturated rings. The first kappa shape index (κ1) is 12.1. The summed E-state index contributed by atoms with van der Waals surface area (Å²) in [6.07, 6.45) is 3.07. The van der Waals surface area contributed by atoms with E-state index in [1.807, 2.05) is 0 Å². The van der Waals surface area contributed by atoms with Crippen molar-refractivity contribution in [1.29, 1.82) is 0 Å². The summed E-state index contributed by atoms with van der Waals surface area (Å²) in [6, 6.07) is 4.97. The molecule has 88 valence electrons. The third-order valence-electron chi connectivity index (χ3n) is 2.00. The van der Waals surface area contributed by atoms with E-state index in [0.29, 0.717) is 33.9 Å². The lowest BCUT2D eigenvalue weighted by Crippen LogP contribution is -2.00. The van der Waals surface area contributed by atoms with Crippen molar-refractivity contribution in [3.8, 4) is 11.6 Å². The first-order chi connectivity index (χ1) is 8.19. The molecule has 17 heavy (non-hydrogen) atoms. The van der Waals surface area contributed by atoms with Crippen molar-refractivity contribution in [2.24, 2.45) is 5.73 Å². The normalized spacial score (nSPS) is 10.3. The predicted octanol–water partition coefficient (Wildman–Crippen LogP) is 3.03. The van der Waals surface area contributed by atoms with Crippen molar-refractivity contribution in [2.75, 3.05) is 0 Å². The molecule has 0 aliphatic heterocycles. The van der Waals surface area contributed by atoms with Gasteiger partial charge in [0.05, 0.1) is 28.1 Å². The Bertz CT molecular complexity index is 517. The molecule has 0 amide bonds. The molecule has 2 aromatic rings. The zero-order valence-electron chi connectivity index (χ0n) is 8.73. The Labute approximate surface area is 108 Å². The molecule has 0 saturated heterocycles. The number of hydrogen-bond acceptors (Lipinski definition) is 4. The van der Waals surface area contributed by atoms with Gasteiger partial charge in [-0.25, -0.2) is 4.98 Å². The summed E-state index contributed by atoms with van der Waals surface area (Å²) in [4.78, 5) is 8.12. The number of halogens is 2. The smallest absolute Gasteiger partial charge is 0.237 e. The molecule has 1 aromatic heterocycles. The summed E-state index contributed by atoms with van der Waals surface area (Å²) >= 11 is 11.7. The van der Waals surface area contributed by atoms with Crippen LogP contribution in [0.5, 0.6) is 11.6 Å². The minimum atomic E-state index is 0.347. The molecule has 1 heterocycles. The lowest BCUT2D eigenvalue weighted by Gasteiger charge is -2.05. The van der Waals surface area contributed by atoms with Crippen molar-refractivity contribution < 1.29 is 4.74 Å². The number of nitrogens with two attached hydrogens (primary N) is 1. The van der Waals surface area contributed by atoms with Crippen LogP contribution in [-0.2, 0) is 6.54 Å². The van der Waals surface area contributed by atoms with E-state index in [4.69, 9.17) is 33.7 Å². The topological polar surface area (TPSA) is 61.0 Å². The highest BCUT2D eigenvalue weighted by Gasteiger charge is 2.03. The van der Waals surface area contributed by atoms with E-state index in [1.54, 1.807) is 24.4 Å². The Hall–Kier alpha value is -1.36. The van der Waals surface area contributed by atoms with Crippen LogP contribution in [0.4, 0.5) is 0 Å². The fraction of sp³-hybridized carbons (Fsp3) is 0.0909. The molecule has 0 radical (unpaired) electrons. The Balaban J connectivity index is 2.16. The number of nitrogens with zero attached hydrogens (tertiary/aromatic N) is 2. The van der Waals surface area contributed by atoms with Gasteiger partial charge in [-0.1, -0.05) is 23.2 Å². The fourth-order valence-electron chi connectivity index (χ4n) is 1.16. The average molecular weight is 270 g/mol. The van der Waals surface area contributed by atoms with Gasteiger partial charge >= 0.3 is 0 Å². The summed E-state index contributed by atoms with van der Waals surface area (Å²) in [5.41, 5.74) is 6.11. The molecule has 2 rings (SSSR count). The molecule has 4 nitrogen and oxygen atoms in total.